The molecular formula is C19H24ClN3O. The predicted octanol–water partition coefficient (Wildman–Crippen LogP) is 3.17. The van der Waals surface area contributed by atoms with Gasteiger partial charge in [0.05, 0.1) is 13.2 Å². The third-order valence-corrected chi connectivity index (χ3v) is 3.90. The van der Waals surface area contributed by atoms with Crippen LogP contribution in [0.5, 0.6) is 0 Å². The first-order valence-corrected chi connectivity index (χ1v) is 8.53. The lowest BCUT2D eigenvalue weighted by atomic mass is 10.0. The second kappa shape index (κ2) is 9.96. The number of hydrogen-bond donors (Lipinski definition) is 3. The normalized spacial score (nSPS) is 12.7. The molecule has 24 heavy (non-hydrogen) atoms. The van der Waals surface area contributed by atoms with Crippen LogP contribution in [0.25, 0.3) is 0 Å². The van der Waals surface area contributed by atoms with E-state index >= 15 is 0 Å². The highest BCUT2D eigenvalue weighted by Crippen LogP contribution is 2.14. The fourth-order valence-corrected chi connectivity index (χ4v) is 2.59. The van der Waals surface area contributed by atoms with Crippen LogP contribution in [0.15, 0.2) is 59.6 Å². The lowest BCUT2D eigenvalue weighted by Gasteiger charge is -2.18. The second-order valence-corrected chi connectivity index (χ2v) is 5.93. The van der Waals surface area contributed by atoms with Gasteiger partial charge >= 0.3 is 0 Å². The smallest absolute Gasteiger partial charge is 0.191 e. The molecule has 2 rings (SSSR count). The van der Waals surface area contributed by atoms with Gasteiger partial charge in [0.1, 0.15) is 0 Å². The fraction of sp³-hybridized carbons (Fsp3) is 0.316. The molecule has 0 amide bonds. The molecular weight excluding hydrogens is 322 g/mol. The molecule has 0 saturated heterocycles. The largest absolute Gasteiger partial charge is 0.396 e. The molecule has 0 bridgehead atoms. The molecule has 1 unspecified atom stereocenters. The van der Waals surface area contributed by atoms with Crippen LogP contribution in [0.2, 0.25) is 5.02 Å². The first-order valence-electron chi connectivity index (χ1n) is 8.15. The standard InChI is InChI=1S/C19H24ClN3O/c1-2-21-19(22-12-15-7-6-10-18(20)11-15)23-13-17(14-24)16-8-4-3-5-9-16/h3-11,17,24H,2,12-14H2,1H3,(H2,21,22,23). The van der Waals surface area contributed by atoms with Crippen molar-refractivity contribution >= 4 is 17.6 Å². The molecule has 4 nitrogen and oxygen atoms in total. The van der Waals surface area contributed by atoms with Crippen LogP contribution < -0.4 is 10.6 Å². The summed E-state index contributed by atoms with van der Waals surface area (Å²) in [6.07, 6.45) is 0. The van der Waals surface area contributed by atoms with E-state index in [4.69, 9.17) is 11.6 Å². The molecule has 2 aromatic rings. The van der Waals surface area contributed by atoms with Crippen LogP contribution in [0.4, 0.5) is 0 Å². The third kappa shape index (κ3) is 5.87. The number of guanidine groups is 1. The molecule has 0 aromatic heterocycles. The van der Waals surface area contributed by atoms with Crippen molar-refractivity contribution in [1.29, 1.82) is 0 Å². The van der Waals surface area contributed by atoms with Gasteiger partial charge in [-0.1, -0.05) is 54.1 Å². The zero-order valence-electron chi connectivity index (χ0n) is 13.9. The quantitative estimate of drug-likeness (QED) is 0.533. The van der Waals surface area contributed by atoms with Crippen molar-refractivity contribution in [1.82, 2.24) is 10.6 Å². The number of hydrogen-bond acceptors (Lipinski definition) is 2. The molecule has 0 fully saturated rings. The number of nitrogens with one attached hydrogen (secondary N) is 2. The average Bonchev–Trinajstić information content (AvgIpc) is 2.61. The Balaban J connectivity index is 1.98. The van der Waals surface area contributed by atoms with Gasteiger partial charge < -0.3 is 15.7 Å². The number of benzene rings is 2. The molecule has 0 spiro atoms. The van der Waals surface area contributed by atoms with Crippen molar-refractivity contribution in [2.75, 3.05) is 19.7 Å². The van der Waals surface area contributed by atoms with Crippen LogP contribution in [0.3, 0.4) is 0 Å². The van der Waals surface area contributed by atoms with Crippen molar-refractivity contribution in [3.63, 3.8) is 0 Å². The summed E-state index contributed by atoms with van der Waals surface area (Å²) in [5.74, 6) is 0.757. The molecule has 2 aromatic carbocycles. The average molecular weight is 346 g/mol. The maximum absolute atomic E-state index is 9.65. The monoisotopic (exact) mass is 345 g/mol. The van der Waals surface area contributed by atoms with Crippen LogP contribution in [-0.2, 0) is 6.54 Å². The first-order chi connectivity index (χ1) is 11.7. The lowest BCUT2D eigenvalue weighted by Crippen LogP contribution is -2.39. The van der Waals surface area contributed by atoms with Gasteiger partial charge in [-0.15, -0.1) is 0 Å². The Morgan fingerprint density at radius 3 is 2.58 bits per heavy atom. The maximum atomic E-state index is 9.65. The van der Waals surface area contributed by atoms with E-state index in [1.165, 1.54) is 0 Å². The Morgan fingerprint density at radius 2 is 1.92 bits per heavy atom. The highest BCUT2D eigenvalue weighted by Gasteiger charge is 2.10. The fourth-order valence-electron chi connectivity index (χ4n) is 2.38. The summed E-state index contributed by atoms with van der Waals surface area (Å²) >= 11 is 6.00. The Kier molecular flexibility index (Phi) is 7.59. The zero-order valence-corrected chi connectivity index (χ0v) is 14.6. The highest BCUT2D eigenvalue weighted by atomic mass is 35.5. The third-order valence-electron chi connectivity index (χ3n) is 3.66. The summed E-state index contributed by atoms with van der Waals surface area (Å²) in [4.78, 5) is 4.58. The molecule has 128 valence electrons. The molecule has 0 aliphatic rings. The molecule has 1 atom stereocenters. The molecule has 3 N–H and O–H groups in total. The number of halogens is 1. The van der Waals surface area contributed by atoms with Crippen LogP contribution >= 0.6 is 11.6 Å². The minimum atomic E-state index is 0.0289. The van der Waals surface area contributed by atoms with Crippen molar-refractivity contribution in [2.45, 2.75) is 19.4 Å². The van der Waals surface area contributed by atoms with E-state index in [2.05, 4.69) is 15.6 Å². The summed E-state index contributed by atoms with van der Waals surface area (Å²) in [5.41, 5.74) is 2.17. The van der Waals surface area contributed by atoms with Gasteiger partial charge in [0, 0.05) is 24.0 Å². The number of aliphatic imine (C=N–C) groups is 1. The number of nitrogens with zero attached hydrogens (tertiary/aromatic N) is 1. The summed E-state index contributed by atoms with van der Waals surface area (Å²) in [6, 6.07) is 17.7. The van der Waals surface area contributed by atoms with E-state index in [-0.39, 0.29) is 12.5 Å². The minimum absolute atomic E-state index is 0.0289. The second-order valence-electron chi connectivity index (χ2n) is 5.50. The Morgan fingerprint density at radius 1 is 1.12 bits per heavy atom. The van der Waals surface area contributed by atoms with Crippen LogP contribution in [0, 0.1) is 0 Å². The molecule has 0 aliphatic carbocycles. The van der Waals surface area contributed by atoms with Crippen molar-refractivity contribution in [3.8, 4) is 0 Å². The maximum Gasteiger partial charge on any atom is 0.191 e. The van der Waals surface area contributed by atoms with Gasteiger partial charge in [-0.3, -0.25) is 0 Å². The Hall–Kier alpha value is -2.04. The van der Waals surface area contributed by atoms with Crippen molar-refractivity contribution < 1.29 is 5.11 Å². The van der Waals surface area contributed by atoms with Crippen molar-refractivity contribution in [2.24, 2.45) is 4.99 Å². The van der Waals surface area contributed by atoms with Gasteiger partial charge in [-0.05, 0) is 30.2 Å². The Labute approximate surface area is 148 Å². The van der Waals surface area contributed by atoms with E-state index in [9.17, 15) is 5.11 Å². The molecule has 5 heteroatoms. The highest BCUT2D eigenvalue weighted by molar-refractivity contribution is 6.30. The van der Waals surface area contributed by atoms with Gasteiger partial charge in [0.2, 0.25) is 0 Å². The molecule has 0 aliphatic heterocycles. The van der Waals surface area contributed by atoms with Crippen LogP contribution in [-0.4, -0.2) is 30.8 Å². The lowest BCUT2D eigenvalue weighted by molar-refractivity contribution is 0.265. The number of rotatable bonds is 7. The van der Waals surface area contributed by atoms with Crippen LogP contribution in [0.1, 0.15) is 24.0 Å². The SMILES string of the molecule is CCNC(=NCc1cccc(Cl)c1)NCC(CO)c1ccccc1. The molecule has 0 saturated carbocycles. The summed E-state index contributed by atoms with van der Waals surface area (Å²) < 4.78 is 0. The predicted molar refractivity (Wildman–Crippen MR) is 101 cm³/mol. The van der Waals surface area contributed by atoms with E-state index in [0.29, 0.717) is 18.1 Å². The van der Waals surface area contributed by atoms with E-state index in [1.54, 1.807) is 0 Å². The van der Waals surface area contributed by atoms with E-state index < -0.39 is 0 Å². The first kappa shape index (κ1) is 18.3. The summed E-state index contributed by atoms with van der Waals surface area (Å²) in [7, 11) is 0. The zero-order chi connectivity index (χ0) is 17.2. The van der Waals surface area contributed by atoms with Crippen molar-refractivity contribution in [3.05, 3.63) is 70.7 Å². The van der Waals surface area contributed by atoms with Gasteiger partial charge in [0.15, 0.2) is 5.96 Å². The molecule has 0 radical (unpaired) electrons. The number of aliphatic hydroxyl groups is 1. The molecule has 0 heterocycles. The summed E-state index contributed by atoms with van der Waals surface area (Å²) in [5, 5.41) is 16.9. The topological polar surface area (TPSA) is 56.7 Å². The van der Waals surface area contributed by atoms with Gasteiger partial charge in [-0.25, -0.2) is 4.99 Å². The summed E-state index contributed by atoms with van der Waals surface area (Å²) in [6.45, 7) is 4.05. The number of aliphatic hydroxyl groups excluding tert-OH is 1. The minimum Gasteiger partial charge on any atom is -0.396 e. The van der Waals surface area contributed by atoms with Gasteiger partial charge in [-0.2, -0.15) is 0 Å². The Bertz CT molecular complexity index is 646. The van der Waals surface area contributed by atoms with E-state index in [0.717, 1.165) is 23.6 Å². The van der Waals surface area contributed by atoms with Gasteiger partial charge in [0.25, 0.3) is 0 Å². The van der Waals surface area contributed by atoms with E-state index in [1.807, 2.05) is 61.5 Å².